The van der Waals surface area contributed by atoms with E-state index in [9.17, 15) is 10.1 Å². The molecule has 0 aliphatic carbocycles. The number of hydrogen-bond acceptors (Lipinski definition) is 7. The largest absolute Gasteiger partial charge is 0.495 e. The van der Waals surface area contributed by atoms with Crippen LogP contribution in [0.3, 0.4) is 0 Å². The van der Waals surface area contributed by atoms with E-state index in [1.54, 1.807) is 49.8 Å². The number of fused-ring (bicyclic) bond motifs is 1. The third-order valence-corrected chi connectivity index (χ3v) is 5.20. The Labute approximate surface area is 196 Å². The summed E-state index contributed by atoms with van der Waals surface area (Å²) < 4.78 is 16.4. The van der Waals surface area contributed by atoms with Gasteiger partial charge in [-0.2, -0.15) is 10.4 Å². The van der Waals surface area contributed by atoms with Gasteiger partial charge in [-0.3, -0.25) is 14.9 Å². The predicted molar refractivity (Wildman–Crippen MR) is 126 cm³/mol. The molecule has 0 spiro atoms. The zero-order chi connectivity index (χ0) is 23.9. The Hall–Kier alpha value is -4.42. The van der Waals surface area contributed by atoms with Gasteiger partial charge in [0, 0.05) is 37.4 Å². The Morgan fingerprint density at radius 3 is 2.71 bits per heavy atom. The molecular weight excluding hydrogens is 434 g/mol. The van der Waals surface area contributed by atoms with E-state index in [2.05, 4.69) is 26.6 Å². The SMILES string of the molecule is COCCc1n[nH]cc1NC(=O)Cc1ccc(Oc2ccnc3cc(OC)c(C#N)cc23)cc1. The normalized spacial score (nSPS) is 10.6. The van der Waals surface area contributed by atoms with Gasteiger partial charge in [0.1, 0.15) is 23.3 Å². The molecule has 2 aromatic carbocycles. The second-order valence-corrected chi connectivity index (χ2v) is 7.45. The molecule has 172 valence electrons. The Morgan fingerprint density at radius 2 is 1.97 bits per heavy atom. The molecule has 0 fully saturated rings. The fourth-order valence-corrected chi connectivity index (χ4v) is 3.49. The van der Waals surface area contributed by atoms with Crippen molar-refractivity contribution < 1.29 is 19.0 Å². The molecule has 34 heavy (non-hydrogen) atoms. The molecule has 0 saturated heterocycles. The lowest BCUT2D eigenvalue weighted by atomic mass is 10.1. The minimum atomic E-state index is -0.146. The summed E-state index contributed by atoms with van der Waals surface area (Å²) in [6, 6.07) is 14.5. The van der Waals surface area contributed by atoms with Crippen LogP contribution in [0.15, 0.2) is 54.9 Å². The zero-order valence-electron chi connectivity index (χ0n) is 18.8. The van der Waals surface area contributed by atoms with Crippen LogP contribution in [0.2, 0.25) is 0 Å². The molecule has 0 aliphatic heterocycles. The summed E-state index contributed by atoms with van der Waals surface area (Å²) in [7, 11) is 3.13. The first-order valence-corrected chi connectivity index (χ1v) is 10.6. The third kappa shape index (κ3) is 5.14. The number of ether oxygens (including phenoxy) is 3. The molecule has 4 aromatic rings. The molecule has 0 saturated carbocycles. The molecule has 2 N–H and O–H groups in total. The van der Waals surface area contributed by atoms with Gasteiger partial charge < -0.3 is 19.5 Å². The monoisotopic (exact) mass is 457 g/mol. The van der Waals surface area contributed by atoms with E-state index >= 15 is 0 Å². The van der Waals surface area contributed by atoms with Gasteiger partial charge in [-0.25, -0.2) is 0 Å². The summed E-state index contributed by atoms with van der Waals surface area (Å²) in [6.07, 6.45) is 4.11. The average molecular weight is 457 g/mol. The molecule has 0 bridgehead atoms. The van der Waals surface area contributed by atoms with Crippen molar-refractivity contribution in [2.45, 2.75) is 12.8 Å². The molecule has 2 aromatic heterocycles. The number of aromatic nitrogens is 3. The number of carbonyl (C=O) groups excluding carboxylic acids is 1. The molecule has 9 nitrogen and oxygen atoms in total. The van der Waals surface area contributed by atoms with E-state index in [4.69, 9.17) is 14.2 Å². The fourth-order valence-electron chi connectivity index (χ4n) is 3.49. The summed E-state index contributed by atoms with van der Waals surface area (Å²) in [5.41, 5.74) is 3.30. The van der Waals surface area contributed by atoms with Gasteiger partial charge >= 0.3 is 0 Å². The fraction of sp³-hybridized carbons (Fsp3) is 0.200. The summed E-state index contributed by atoms with van der Waals surface area (Å²) in [4.78, 5) is 16.8. The molecule has 2 heterocycles. The van der Waals surface area contributed by atoms with Crippen molar-refractivity contribution in [1.29, 1.82) is 5.26 Å². The number of hydrogen-bond donors (Lipinski definition) is 2. The quantitative estimate of drug-likeness (QED) is 0.389. The van der Waals surface area contributed by atoms with Gasteiger partial charge in [-0.05, 0) is 29.8 Å². The number of nitrogens with one attached hydrogen (secondary N) is 2. The maximum absolute atomic E-state index is 12.5. The van der Waals surface area contributed by atoms with Gasteiger partial charge in [0.15, 0.2) is 0 Å². The van der Waals surface area contributed by atoms with Crippen molar-refractivity contribution in [1.82, 2.24) is 15.2 Å². The van der Waals surface area contributed by atoms with E-state index in [0.717, 1.165) is 11.3 Å². The van der Waals surface area contributed by atoms with Crippen LogP contribution >= 0.6 is 0 Å². The number of nitriles is 1. The van der Waals surface area contributed by atoms with Crippen LogP contribution in [0.4, 0.5) is 5.69 Å². The number of aromatic amines is 1. The van der Waals surface area contributed by atoms with E-state index in [1.807, 2.05) is 12.1 Å². The number of anilines is 1. The molecule has 0 unspecified atom stereocenters. The minimum Gasteiger partial charge on any atom is -0.495 e. The highest BCUT2D eigenvalue weighted by Crippen LogP contribution is 2.33. The first-order valence-electron chi connectivity index (χ1n) is 10.6. The molecule has 0 aliphatic rings. The van der Waals surface area contributed by atoms with Crippen LogP contribution < -0.4 is 14.8 Å². The number of nitrogens with zero attached hydrogens (tertiary/aromatic N) is 3. The predicted octanol–water partition coefficient (Wildman–Crippen LogP) is 4.00. The molecule has 1 amide bonds. The van der Waals surface area contributed by atoms with E-state index in [0.29, 0.717) is 52.4 Å². The smallest absolute Gasteiger partial charge is 0.228 e. The van der Waals surface area contributed by atoms with Crippen molar-refractivity contribution in [2.75, 3.05) is 26.1 Å². The van der Waals surface area contributed by atoms with E-state index in [1.165, 1.54) is 7.11 Å². The number of carbonyl (C=O) groups is 1. The van der Waals surface area contributed by atoms with Gasteiger partial charge in [-0.1, -0.05) is 12.1 Å². The Balaban J connectivity index is 1.44. The number of amides is 1. The number of H-pyrrole nitrogens is 1. The summed E-state index contributed by atoms with van der Waals surface area (Å²) in [5, 5.41) is 19.9. The number of pyridine rings is 1. The Morgan fingerprint density at radius 1 is 1.15 bits per heavy atom. The highest BCUT2D eigenvalue weighted by molar-refractivity contribution is 5.92. The molecule has 0 radical (unpaired) electrons. The van der Waals surface area contributed by atoms with Crippen molar-refractivity contribution in [3.05, 3.63) is 71.7 Å². The van der Waals surface area contributed by atoms with Crippen LogP contribution in [-0.4, -0.2) is 41.9 Å². The van der Waals surface area contributed by atoms with Crippen LogP contribution in [0.5, 0.6) is 17.2 Å². The van der Waals surface area contributed by atoms with Crippen LogP contribution in [-0.2, 0) is 22.4 Å². The maximum atomic E-state index is 12.5. The van der Waals surface area contributed by atoms with Crippen molar-refractivity contribution in [3.63, 3.8) is 0 Å². The summed E-state index contributed by atoms with van der Waals surface area (Å²) in [6.45, 7) is 0.521. The van der Waals surface area contributed by atoms with Crippen LogP contribution in [0, 0.1) is 11.3 Å². The Kier molecular flexibility index (Phi) is 7.01. The average Bonchev–Trinajstić information content (AvgIpc) is 3.29. The van der Waals surface area contributed by atoms with Crippen LogP contribution in [0.25, 0.3) is 10.9 Å². The molecule has 4 rings (SSSR count). The first-order chi connectivity index (χ1) is 16.6. The number of rotatable bonds is 9. The number of benzene rings is 2. The van der Waals surface area contributed by atoms with Crippen LogP contribution in [0.1, 0.15) is 16.8 Å². The van der Waals surface area contributed by atoms with E-state index < -0.39 is 0 Å². The van der Waals surface area contributed by atoms with Gasteiger partial charge in [0.25, 0.3) is 0 Å². The summed E-state index contributed by atoms with van der Waals surface area (Å²) in [5.74, 6) is 1.48. The standard InChI is InChI=1S/C25H23N5O4/c1-32-10-8-20-22(15-28-30-20)29-25(31)11-16-3-5-18(6-4-16)34-23-7-9-27-21-13-24(33-2)17(14-26)12-19(21)23/h3-7,9,12-13,15H,8,10-11H2,1-2H3,(H,28,30)(H,29,31). The second kappa shape index (κ2) is 10.5. The van der Waals surface area contributed by atoms with Crippen molar-refractivity contribution >= 4 is 22.5 Å². The van der Waals surface area contributed by atoms with Gasteiger partial charge in [0.05, 0.1) is 42.6 Å². The van der Waals surface area contributed by atoms with Gasteiger partial charge in [0.2, 0.25) is 5.91 Å². The molecule has 9 heteroatoms. The maximum Gasteiger partial charge on any atom is 0.228 e. The lowest BCUT2D eigenvalue weighted by Crippen LogP contribution is -2.15. The highest BCUT2D eigenvalue weighted by Gasteiger charge is 2.12. The van der Waals surface area contributed by atoms with Crippen molar-refractivity contribution in [3.8, 4) is 23.3 Å². The number of methoxy groups -OCH3 is 2. The molecule has 0 atom stereocenters. The third-order valence-electron chi connectivity index (χ3n) is 5.20. The minimum absolute atomic E-state index is 0.146. The lowest BCUT2D eigenvalue weighted by molar-refractivity contribution is -0.115. The lowest BCUT2D eigenvalue weighted by Gasteiger charge is -2.11. The second-order valence-electron chi connectivity index (χ2n) is 7.45. The topological polar surface area (TPSA) is 122 Å². The molecular formula is C25H23N5O4. The Bertz CT molecular complexity index is 1340. The summed E-state index contributed by atoms with van der Waals surface area (Å²) >= 11 is 0. The van der Waals surface area contributed by atoms with E-state index in [-0.39, 0.29) is 12.3 Å². The van der Waals surface area contributed by atoms with Crippen molar-refractivity contribution in [2.24, 2.45) is 0 Å². The highest BCUT2D eigenvalue weighted by atomic mass is 16.5. The first kappa shape index (κ1) is 22.8. The zero-order valence-corrected chi connectivity index (χ0v) is 18.8. The van der Waals surface area contributed by atoms with Gasteiger partial charge in [-0.15, -0.1) is 0 Å².